The molecule has 1 atom stereocenters. The van der Waals surface area contributed by atoms with E-state index in [-0.39, 0.29) is 11.8 Å². The average Bonchev–Trinajstić information content (AvgIpc) is 3.37. The van der Waals surface area contributed by atoms with E-state index in [0.29, 0.717) is 60.9 Å². The average molecular weight is 544 g/mol. The number of rotatable bonds is 6. The predicted molar refractivity (Wildman–Crippen MR) is 139 cm³/mol. The Morgan fingerprint density at radius 2 is 1.73 bits per heavy atom. The van der Waals surface area contributed by atoms with Crippen molar-refractivity contribution in [3.05, 3.63) is 65.0 Å². The summed E-state index contributed by atoms with van der Waals surface area (Å²) in [4.78, 5) is 22.1. The maximum atomic E-state index is 13.3. The minimum Gasteiger partial charge on any atom is -0.340 e. The van der Waals surface area contributed by atoms with Crippen LogP contribution in [0, 0.1) is 12.8 Å². The fraction of sp³-hybridized carbons (Fsp3) is 0.423. The molecule has 2 aliphatic rings. The van der Waals surface area contributed by atoms with Crippen molar-refractivity contribution in [2.24, 2.45) is 5.92 Å². The van der Waals surface area contributed by atoms with Crippen LogP contribution >= 0.6 is 11.6 Å². The van der Waals surface area contributed by atoms with E-state index in [9.17, 15) is 13.2 Å². The highest BCUT2D eigenvalue weighted by atomic mass is 35.5. The van der Waals surface area contributed by atoms with E-state index in [1.54, 1.807) is 41.3 Å². The minimum absolute atomic E-state index is 0.0875. The molecule has 3 aromatic rings. The van der Waals surface area contributed by atoms with Crippen LogP contribution < -0.4 is 0 Å². The van der Waals surface area contributed by atoms with Crippen molar-refractivity contribution in [1.29, 1.82) is 0 Å². The van der Waals surface area contributed by atoms with Crippen molar-refractivity contribution in [2.45, 2.75) is 31.2 Å². The zero-order chi connectivity index (χ0) is 26.0. The quantitative estimate of drug-likeness (QED) is 0.469. The molecule has 1 aromatic heterocycles. The van der Waals surface area contributed by atoms with Gasteiger partial charge in [-0.05, 0) is 62.7 Å². The molecule has 0 radical (unpaired) electrons. The predicted octanol–water partition coefficient (Wildman–Crippen LogP) is 3.44. The monoisotopic (exact) mass is 543 g/mol. The van der Waals surface area contributed by atoms with Gasteiger partial charge in [-0.25, -0.2) is 8.42 Å². The first-order valence-corrected chi connectivity index (χ1v) is 14.3. The van der Waals surface area contributed by atoms with E-state index in [4.69, 9.17) is 16.1 Å². The first kappa shape index (κ1) is 25.8. The molecule has 0 aliphatic carbocycles. The number of aromatic nitrogens is 2. The van der Waals surface area contributed by atoms with Crippen LogP contribution in [0.15, 0.2) is 57.9 Å². The lowest BCUT2D eigenvalue weighted by molar-refractivity contribution is -0.138. The largest absolute Gasteiger partial charge is 0.340 e. The molecule has 9 nitrogen and oxygen atoms in total. The molecule has 1 unspecified atom stereocenters. The third-order valence-corrected chi connectivity index (χ3v) is 9.16. The van der Waals surface area contributed by atoms with Gasteiger partial charge in [0.25, 0.3) is 0 Å². The molecule has 0 saturated carbocycles. The lowest BCUT2D eigenvalue weighted by Gasteiger charge is -2.38. The molecule has 2 aliphatic heterocycles. The fourth-order valence-electron chi connectivity index (χ4n) is 4.89. The Balaban J connectivity index is 1.15. The molecule has 2 fully saturated rings. The molecule has 196 valence electrons. The summed E-state index contributed by atoms with van der Waals surface area (Å²) in [6, 6.07) is 14.1. The van der Waals surface area contributed by atoms with Crippen molar-refractivity contribution in [3.8, 4) is 11.4 Å². The number of hydrogen-bond acceptors (Lipinski definition) is 7. The van der Waals surface area contributed by atoms with Gasteiger partial charge in [-0.1, -0.05) is 34.5 Å². The summed E-state index contributed by atoms with van der Waals surface area (Å²) in [6.07, 6.45) is 1.72. The maximum absolute atomic E-state index is 13.3. The van der Waals surface area contributed by atoms with E-state index >= 15 is 0 Å². The van der Waals surface area contributed by atoms with Crippen LogP contribution in [-0.2, 0) is 21.4 Å². The van der Waals surface area contributed by atoms with Gasteiger partial charge in [0, 0.05) is 43.3 Å². The van der Waals surface area contributed by atoms with Crippen LogP contribution in [0.4, 0.5) is 0 Å². The van der Waals surface area contributed by atoms with Crippen molar-refractivity contribution in [1.82, 2.24) is 24.2 Å². The molecular formula is C26H30ClN5O4S. The van der Waals surface area contributed by atoms with Gasteiger partial charge >= 0.3 is 0 Å². The summed E-state index contributed by atoms with van der Waals surface area (Å²) in [7, 11) is -3.56. The molecule has 1 amide bonds. The van der Waals surface area contributed by atoms with Crippen LogP contribution in [0.5, 0.6) is 0 Å². The highest BCUT2D eigenvalue weighted by Crippen LogP contribution is 2.24. The lowest BCUT2D eigenvalue weighted by atomic mass is 9.96. The number of likely N-dealkylation sites (tertiary alicyclic amines) is 1. The van der Waals surface area contributed by atoms with E-state index in [0.717, 1.165) is 30.5 Å². The number of aryl methyl sites for hydroxylation is 1. The summed E-state index contributed by atoms with van der Waals surface area (Å²) >= 11 is 5.95. The highest BCUT2D eigenvalue weighted by molar-refractivity contribution is 7.89. The van der Waals surface area contributed by atoms with Gasteiger partial charge in [-0.3, -0.25) is 9.69 Å². The second-order valence-electron chi connectivity index (χ2n) is 9.64. The number of nitrogens with zero attached hydrogens (tertiary/aromatic N) is 5. The van der Waals surface area contributed by atoms with Crippen LogP contribution in [0.3, 0.4) is 0 Å². The summed E-state index contributed by atoms with van der Waals surface area (Å²) in [6.45, 7) is 5.26. The zero-order valence-electron chi connectivity index (χ0n) is 20.7. The van der Waals surface area contributed by atoms with Gasteiger partial charge in [0.1, 0.15) is 0 Å². The molecule has 2 saturated heterocycles. The summed E-state index contributed by atoms with van der Waals surface area (Å²) in [5.74, 6) is 0.972. The third kappa shape index (κ3) is 5.87. The molecule has 3 heterocycles. The number of piperidine rings is 1. The Morgan fingerprint density at radius 3 is 2.43 bits per heavy atom. The normalized spacial score (nSPS) is 19.7. The van der Waals surface area contributed by atoms with E-state index < -0.39 is 10.0 Å². The van der Waals surface area contributed by atoms with E-state index in [1.165, 1.54) is 4.31 Å². The molecule has 37 heavy (non-hydrogen) atoms. The summed E-state index contributed by atoms with van der Waals surface area (Å²) < 4.78 is 32.9. The van der Waals surface area contributed by atoms with E-state index in [1.807, 2.05) is 19.1 Å². The van der Waals surface area contributed by atoms with Crippen molar-refractivity contribution in [3.63, 3.8) is 0 Å². The van der Waals surface area contributed by atoms with Crippen molar-refractivity contribution in [2.75, 3.05) is 39.3 Å². The first-order chi connectivity index (χ1) is 17.8. The fourth-order valence-corrected chi connectivity index (χ4v) is 6.44. The maximum Gasteiger partial charge on any atom is 0.243 e. The summed E-state index contributed by atoms with van der Waals surface area (Å²) in [5.41, 5.74) is 1.84. The number of carbonyl (C=O) groups excluding carboxylic acids is 1. The number of benzene rings is 2. The standard InChI is InChI=1S/C26H30ClN5O4S/c1-19-4-10-23(11-5-19)37(34,35)32-15-13-31(14-16-32)26(33)21-3-2-12-30(17-21)18-24-28-25(29-36-24)20-6-8-22(27)9-7-20/h4-11,21H,2-3,12-18H2,1H3. The molecule has 0 spiro atoms. The second kappa shape index (κ2) is 10.9. The Morgan fingerprint density at radius 1 is 1.03 bits per heavy atom. The SMILES string of the molecule is Cc1ccc(S(=O)(=O)N2CCN(C(=O)C3CCCN(Cc4nc(-c5ccc(Cl)cc5)no4)C3)CC2)cc1. The molecule has 0 N–H and O–H groups in total. The Labute approximate surface area is 222 Å². The minimum atomic E-state index is -3.56. The number of halogens is 1. The van der Waals surface area contributed by atoms with E-state index in [2.05, 4.69) is 15.0 Å². The van der Waals surface area contributed by atoms with Crippen LogP contribution in [0.25, 0.3) is 11.4 Å². The van der Waals surface area contributed by atoms with Gasteiger partial charge in [0.05, 0.1) is 17.4 Å². The lowest BCUT2D eigenvalue weighted by Crippen LogP contribution is -2.53. The first-order valence-electron chi connectivity index (χ1n) is 12.5. The van der Waals surface area contributed by atoms with Gasteiger partial charge in [0.15, 0.2) is 0 Å². The number of piperazine rings is 1. The number of amides is 1. The van der Waals surface area contributed by atoms with Gasteiger partial charge in [-0.2, -0.15) is 9.29 Å². The Hall–Kier alpha value is -2.79. The molecular weight excluding hydrogens is 514 g/mol. The molecule has 11 heteroatoms. The zero-order valence-corrected chi connectivity index (χ0v) is 22.3. The van der Waals surface area contributed by atoms with Crippen LogP contribution in [-0.4, -0.2) is 77.8 Å². The number of hydrogen-bond donors (Lipinski definition) is 0. The van der Waals surface area contributed by atoms with Gasteiger partial charge in [0.2, 0.25) is 27.6 Å². The van der Waals surface area contributed by atoms with Gasteiger partial charge in [-0.15, -0.1) is 0 Å². The number of sulfonamides is 1. The van der Waals surface area contributed by atoms with Crippen molar-refractivity contribution < 1.29 is 17.7 Å². The van der Waals surface area contributed by atoms with Crippen molar-refractivity contribution >= 4 is 27.5 Å². The Kier molecular flexibility index (Phi) is 7.62. The second-order valence-corrected chi connectivity index (χ2v) is 12.0. The Bertz CT molecular complexity index is 1340. The smallest absolute Gasteiger partial charge is 0.243 e. The topological polar surface area (TPSA) is 99.9 Å². The number of carbonyl (C=O) groups is 1. The van der Waals surface area contributed by atoms with Gasteiger partial charge < -0.3 is 9.42 Å². The molecule has 2 aromatic carbocycles. The molecule has 5 rings (SSSR count). The summed E-state index contributed by atoms with van der Waals surface area (Å²) in [5, 5.41) is 4.72. The van der Waals surface area contributed by atoms with Crippen LogP contribution in [0.2, 0.25) is 5.02 Å². The third-order valence-electron chi connectivity index (χ3n) is 6.99. The van der Waals surface area contributed by atoms with Crippen LogP contribution in [0.1, 0.15) is 24.3 Å². The molecule has 0 bridgehead atoms. The highest BCUT2D eigenvalue weighted by Gasteiger charge is 2.34.